The monoisotopic (exact) mass is 378 g/mol. The summed E-state index contributed by atoms with van der Waals surface area (Å²) in [5.41, 5.74) is 1.09. The molecule has 9 heteroatoms. The van der Waals surface area contributed by atoms with Gasteiger partial charge in [-0.2, -0.15) is 0 Å². The second-order valence-corrected chi connectivity index (χ2v) is 6.53. The van der Waals surface area contributed by atoms with Gasteiger partial charge in [0.1, 0.15) is 17.3 Å². The Morgan fingerprint density at radius 3 is 2.67 bits per heavy atom. The van der Waals surface area contributed by atoms with Crippen LogP contribution in [0, 0.1) is 11.6 Å². The zero-order valence-corrected chi connectivity index (χ0v) is 13.8. The molecule has 0 radical (unpaired) electrons. The van der Waals surface area contributed by atoms with Gasteiger partial charge >= 0.3 is 6.03 Å². The number of benzene rings is 1. The van der Waals surface area contributed by atoms with Gasteiger partial charge in [0.2, 0.25) is 5.92 Å². The van der Waals surface area contributed by atoms with E-state index in [1.165, 1.54) is 24.4 Å². The number of urea groups is 1. The predicted octanol–water partition coefficient (Wildman–Crippen LogP) is 5.00. The van der Waals surface area contributed by atoms with Crippen molar-refractivity contribution in [1.29, 1.82) is 0 Å². The standard InChI is InChI=1S/C18H14F4N4O/c19-10-3-13-15(8-24-16(13)23-7-10)26-17(27)25-11-1-2-12(14(20)4-11)9-5-18(21,22)6-9/h1-4,7-9H,5-6H2,(H,23,24)(H2,25,26,27). The number of H-pyrrole nitrogens is 1. The smallest absolute Gasteiger partial charge is 0.323 e. The van der Waals surface area contributed by atoms with Gasteiger partial charge < -0.3 is 15.6 Å². The van der Waals surface area contributed by atoms with Gasteiger partial charge in [-0.1, -0.05) is 6.07 Å². The Kier molecular flexibility index (Phi) is 4.01. The molecule has 0 aliphatic heterocycles. The minimum Gasteiger partial charge on any atom is -0.344 e. The van der Waals surface area contributed by atoms with Crippen LogP contribution in [0.5, 0.6) is 0 Å². The second kappa shape index (κ2) is 6.26. The maximum absolute atomic E-state index is 14.2. The summed E-state index contributed by atoms with van der Waals surface area (Å²) in [6.45, 7) is 0. The first-order valence-electron chi connectivity index (χ1n) is 8.19. The van der Waals surface area contributed by atoms with E-state index >= 15 is 0 Å². The van der Waals surface area contributed by atoms with E-state index < -0.39 is 29.5 Å². The molecule has 1 fully saturated rings. The summed E-state index contributed by atoms with van der Waals surface area (Å²) in [6.07, 6.45) is 1.76. The fourth-order valence-electron chi connectivity index (χ4n) is 3.18. The average Bonchev–Trinajstić information content (AvgIpc) is 2.95. The summed E-state index contributed by atoms with van der Waals surface area (Å²) in [6, 6.07) is 4.49. The molecule has 0 unspecified atom stereocenters. The zero-order valence-electron chi connectivity index (χ0n) is 13.8. The molecule has 140 valence electrons. The van der Waals surface area contributed by atoms with Crippen LogP contribution in [0.2, 0.25) is 0 Å². The van der Waals surface area contributed by atoms with E-state index in [0.29, 0.717) is 16.7 Å². The summed E-state index contributed by atoms with van der Waals surface area (Å²) >= 11 is 0. The third-order valence-corrected chi connectivity index (χ3v) is 4.53. The van der Waals surface area contributed by atoms with Crippen molar-refractivity contribution in [3.05, 3.63) is 53.9 Å². The molecule has 1 saturated carbocycles. The molecule has 0 spiro atoms. The number of aromatic amines is 1. The van der Waals surface area contributed by atoms with Crippen molar-refractivity contribution in [2.45, 2.75) is 24.7 Å². The highest BCUT2D eigenvalue weighted by atomic mass is 19.3. The first kappa shape index (κ1) is 17.3. The number of carbonyl (C=O) groups excluding carboxylic acids is 1. The average molecular weight is 378 g/mol. The summed E-state index contributed by atoms with van der Waals surface area (Å²) in [5.74, 6) is -4.45. The third-order valence-electron chi connectivity index (χ3n) is 4.53. The maximum atomic E-state index is 14.2. The highest BCUT2D eigenvalue weighted by Gasteiger charge is 2.46. The van der Waals surface area contributed by atoms with E-state index in [-0.39, 0.29) is 24.1 Å². The number of fused-ring (bicyclic) bond motifs is 1. The molecule has 5 nitrogen and oxygen atoms in total. The molecule has 4 rings (SSSR count). The topological polar surface area (TPSA) is 69.8 Å². The van der Waals surface area contributed by atoms with E-state index in [2.05, 4.69) is 20.6 Å². The van der Waals surface area contributed by atoms with Gasteiger partial charge in [0.15, 0.2) is 0 Å². The number of rotatable bonds is 3. The SMILES string of the molecule is O=C(Nc1ccc(C2CC(F)(F)C2)c(F)c1)Nc1c[nH]c2ncc(F)cc12. The van der Waals surface area contributed by atoms with E-state index in [1.807, 2.05) is 0 Å². The fraction of sp³-hybridized carbons (Fsp3) is 0.222. The van der Waals surface area contributed by atoms with Crippen molar-refractivity contribution in [2.24, 2.45) is 0 Å². The lowest BCUT2D eigenvalue weighted by molar-refractivity contribution is -0.0873. The molecule has 3 aromatic rings. The predicted molar refractivity (Wildman–Crippen MR) is 92.0 cm³/mol. The Morgan fingerprint density at radius 1 is 1.19 bits per heavy atom. The third kappa shape index (κ3) is 3.44. The Hall–Kier alpha value is -3.10. The van der Waals surface area contributed by atoms with Crippen LogP contribution in [0.3, 0.4) is 0 Å². The van der Waals surface area contributed by atoms with Crippen LogP contribution in [0.15, 0.2) is 36.7 Å². The van der Waals surface area contributed by atoms with Gasteiger partial charge in [-0.25, -0.2) is 27.3 Å². The molecule has 2 amide bonds. The van der Waals surface area contributed by atoms with E-state index in [9.17, 15) is 22.4 Å². The fourth-order valence-corrected chi connectivity index (χ4v) is 3.18. The number of carbonyl (C=O) groups is 1. The Bertz CT molecular complexity index is 1030. The number of aromatic nitrogens is 2. The van der Waals surface area contributed by atoms with Crippen molar-refractivity contribution in [1.82, 2.24) is 9.97 Å². The molecule has 3 N–H and O–H groups in total. The summed E-state index contributed by atoms with van der Waals surface area (Å²) in [4.78, 5) is 18.8. The molecule has 1 aliphatic carbocycles. The molecule has 2 heterocycles. The highest BCUT2D eigenvalue weighted by Crippen LogP contribution is 2.49. The molecule has 27 heavy (non-hydrogen) atoms. The summed E-state index contributed by atoms with van der Waals surface area (Å²) in [5, 5.41) is 5.36. The first-order chi connectivity index (χ1) is 12.8. The number of nitrogens with zero attached hydrogens (tertiary/aromatic N) is 1. The number of hydrogen-bond acceptors (Lipinski definition) is 2. The number of alkyl halides is 2. The quantitative estimate of drug-likeness (QED) is 0.562. The zero-order chi connectivity index (χ0) is 19.2. The summed E-state index contributed by atoms with van der Waals surface area (Å²) < 4.78 is 53.4. The lowest BCUT2D eigenvalue weighted by atomic mass is 9.76. The van der Waals surface area contributed by atoms with Crippen LogP contribution < -0.4 is 10.6 Å². The van der Waals surface area contributed by atoms with Gasteiger partial charge in [0.25, 0.3) is 0 Å². The van der Waals surface area contributed by atoms with Gasteiger partial charge in [0, 0.05) is 30.1 Å². The molecular formula is C18H14F4N4O. The first-order valence-corrected chi connectivity index (χ1v) is 8.19. The molecule has 0 bridgehead atoms. The number of pyridine rings is 1. The van der Waals surface area contributed by atoms with Gasteiger partial charge in [-0.3, -0.25) is 0 Å². The molecular weight excluding hydrogens is 364 g/mol. The van der Waals surface area contributed by atoms with E-state index in [0.717, 1.165) is 12.3 Å². The van der Waals surface area contributed by atoms with Crippen LogP contribution >= 0.6 is 0 Å². The highest BCUT2D eigenvalue weighted by molar-refractivity contribution is 6.05. The van der Waals surface area contributed by atoms with Crippen molar-refractivity contribution in [2.75, 3.05) is 10.6 Å². The number of amides is 2. The normalized spacial score (nSPS) is 16.1. The van der Waals surface area contributed by atoms with Gasteiger partial charge in [0.05, 0.1) is 11.9 Å². The largest absolute Gasteiger partial charge is 0.344 e. The van der Waals surface area contributed by atoms with Crippen molar-refractivity contribution >= 4 is 28.4 Å². The van der Waals surface area contributed by atoms with Crippen molar-refractivity contribution in [3.8, 4) is 0 Å². The number of hydrogen-bond donors (Lipinski definition) is 3. The lowest BCUT2D eigenvalue weighted by Gasteiger charge is -2.35. The molecule has 0 atom stereocenters. The molecule has 0 saturated heterocycles. The van der Waals surface area contributed by atoms with Crippen LogP contribution in [-0.2, 0) is 0 Å². The lowest BCUT2D eigenvalue weighted by Crippen LogP contribution is -2.34. The van der Waals surface area contributed by atoms with Crippen LogP contribution in [0.1, 0.15) is 24.3 Å². The maximum Gasteiger partial charge on any atom is 0.323 e. The Labute approximate surface area is 150 Å². The van der Waals surface area contributed by atoms with Crippen LogP contribution in [-0.4, -0.2) is 21.9 Å². The minimum absolute atomic E-state index is 0.170. The number of anilines is 2. The summed E-state index contributed by atoms with van der Waals surface area (Å²) in [7, 11) is 0. The van der Waals surface area contributed by atoms with Crippen molar-refractivity contribution < 1.29 is 22.4 Å². The molecule has 1 aromatic carbocycles. The van der Waals surface area contributed by atoms with Crippen LogP contribution in [0.25, 0.3) is 11.0 Å². The van der Waals surface area contributed by atoms with E-state index in [1.54, 1.807) is 0 Å². The van der Waals surface area contributed by atoms with E-state index in [4.69, 9.17) is 0 Å². The van der Waals surface area contributed by atoms with Gasteiger partial charge in [-0.15, -0.1) is 0 Å². The number of nitrogens with one attached hydrogen (secondary N) is 3. The Morgan fingerprint density at radius 2 is 1.96 bits per heavy atom. The van der Waals surface area contributed by atoms with Gasteiger partial charge in [-0.05, 0) is 29.7 Å². The van der Waals surface area contributed by atoms with Crippen molar-refractivity contribution in [3.63, 3.8) is 0 Å². The minimum atomic E-state index is -2.73. The van der Waals surface area contributed by atoms with Crippen LogP contribution in [0.4, 0.5) is 33.7 Å². The molecule has 2 aromatic heterocycles. The number of halogens is 4. The second-order valence-electron chi connectivity index (χ2n) is 6.53. The molecule has 1 aliphatic rings. The Balaban J connectivity index is 1.45.